The molecule has 0 unspecified atom stereocenters. The third-order valence-electron chi connectivity index (χ3n) is 5.02. The second-order valence-electron chi connectivity index (χ2n) is 7.14. The Balaban J connectivity index is 1.58. The number of carbonyl (C=O) groups is 2. The summed E-state index contributed by atoms with van der Waals surface area (Å²) in [5.41, 5.74) is 2.64. The predicted octanol–water partition coefficient (Wildman–Crippen LogP) is 5.58. The number of hydrogen-bond donors (Lipinski definition) is 1. The minimum Gasteiger partial charge on any atom is -0.465 e. The zero-order chi connectivity index (χ0) is 23.4. The van der Waals surface area contributed by atoms with Gasteiger partial charge >= 0.3 is 11.9 Å². The highest BCUT2D eigenvalue weighted by molar-refractivity contribution is 7.20. The molecule has 0 aliphatic rings. The van der Waals surface area contributed by atoms with Gasteiger partial charge in [-0.05, 0) is 36.2 Å². The van der Waals surface area contributed by atoms with Gasteiger partial charge in [0.2, 0.25) is 0 Å². The average molecular weight is 482 g/mol. The Bertz CT molecular complexity index is 1320. The second kappa shape index (κ2) is 9.97. The molecule has 2 aromatic heterocycles. The Morgan fingerprint density at radius 1 is 1.09 bits per heavy atom. The minimum atomic E-state index is -0.477. The Kier molecular flexibility index (Phi) is 6.86. The molecule has 7 nitrogen and oxygen atoms in total. The highest BCUT2D eigenvalue weighted by Crippen LogP contribution is 2.36. The van der Waals surface area contributed by atoms with Gasteiger partial charge < -0.3 is 14.8 Å². The first-order valence-corrected chi connectivity index (χ1v) is 11.3. The van der Waals surface area contributed by atoms with Gasteiger partial charge in [0.05, 0.1) is 35.4 Å². The molecule has 0 saturated heterocycles. The van der Waals surface area contributed by atoms with Crippen LogP contribution >= 0.6 is 22.9 Å². The van der Waals surface area contributed by atoms with Gasteiger partial charge in [-0.1, -0.05) is 41.9 Å². The van der Waals surface area contributed by atoms with Gasteiger partial charge in [-0.3, -0.25) is 0 Å². The third kappa shape index (κ3) is 4.97. The molecule has 0 aliphatic heterocycles. The Labute approximate surface area is 199 Å². The summed E-state index contributed by atoms with van der Waals surface area (Å²) in [5, 5.41) is 4.25. The molecule has 168 valence electrons. The molecule has 4 rings (SSSR count). The summed E-state index contributed by atoms with van der Waals surface area (Å²) in [7, 11) is 1.31. The molecule has 4 aromatic rings. The third-order valence-corrected chi connectivity index (χ3v) is 6.53. The van der Waals surface area contributed by atoms with E-state index in [-0.39, 0.29) is 6.61 Å². The quantitative estimate of drug-likeness (QED) is 0.344. The zero-order valence-corrected chi connectivity index (χ0v) is 19.5. The summed E-state index contributed by atoms with van der Waals surface area (Å²) in [5.74, 6) is -0.404. The Hall–Kier alpha value is -3.49. The lowest BCUT2D eigenvalue weighted by Crippen LogP contribution is -2.07. The summed E-state index contributed by atoms with van der Waals surface area (Å²) in [6.07, 6.45) is 2.04. The topological polar surface area (TPSA) is 90.4 Å². The van der Waals surface area contributed by atoms with E-state index >= 15 is 0 Å². The number of rotatable bonds is 7. The van der Waals surface area contributed by atoms with E-state index in [1.165, 1.54) is 24.8 Å². The molecule has 2 aromatic carbocycles. The second-order valence-corrected chi connectivity index (χ2v) is 8.55. The molecule has 0 aliphatic carbocycles. The molecular formula is C24H20ClN3O4S. The Morgan fingerprint density at radius 2 is 1.88 bits per heavy atom. The lowest BCUT2D eigenvalue weighted by molar-refractivity contribution is 0.0513. The molecule has 0 atom stereocenters. The van der Waals surface area contributed by atoms with Crippen LogP contribution in [-0.2, 0) is 15.9 Å². The number of thiophene rings is 1. The van der Waals surface area contributed by atoms with Crippen molar-refractivity contribution in [1.29, 1.82) is 0 Å². The van der Waals surface area contributed by atoms with E-state index in [9.17, 15) is 9.59 Å². The van der Waals surface area contributed by atoms with Crippen LogP contribution in [-0.4, -0.2) is 35.6 Å². The van der Waals surface area contributed by atoms with Crippen LogP contribution in [0, 0.1) is 6.92 Å². The van der Waals surface area contributed by atoms with E-state index in [1.54, 1.807) is 18.2 Å². The van der Waals surface area contributed by atoms with Gasteiger partial charge in [0.15, 0.2) is 0 Å². The largest absolute Gasteiger partial charge is 0.465 e. The number of aryl methyl sites for hydroxylation is 1. The number of methoxy groups -OCH3 is 1. The molecule has 0 saturated carbocycles. The maximum absolute atomic E-state index is 12.7. The molecule has 2 heterocycles. The molecule has 33 heavy (non-hydrogen) atoms. The van der Waals surface area contributed by atoms with Gasteiger partial charge in [0.1, 0.15) is 21.9 Å². The van der Waals surface area contributed by atoms with E-state index < -0.39 is 11.9 Å². The number of nitrogens with one attached hydrogen (secondary N) is 1. The standard InChI is InChI=1S/C24H20ClN3O4S/c1-14-19-21(28-18-12-16(23(29)31-2)8-9-17(18)25)26-13-27-22(19)33-20(14)24(30)32-11-10-15-6-4-3-5-7-15/h3-9,12-13H,10-11H2,1-2H3,(H,26,27,28). The number of ether oxygens (including phenoxy) is 2. The maximum atomic E-state index is 12.7. The number of benzene rings is 2. The lowest BCUT2D eigenvalue weighted by atomic mass is 10.1. The smallest absolute Gasteiger partial charge is 0.348 e. The van der Waals surface area contributed by atoms with E-state index in [0.29, 0.717) is 49.2 Å². The van der Waals surface area contributed by atoms with Crippen molar-refractivity contribution in [2.45, 2.75) is 13.3 Å². The van der Waals surface area contributed by atoms with Gasteiger partial charge in [-0.25, -0.2) is 19.6 Å². The number of hydrogen-bond acceptors (Lipinski definition) is 8. The van der Waals surface area contributed by atoms with Gasteiger partial charge in [0.25, 0.3) is 0 Å². The highest BCUT2D eigenvalue weighted by atomic mass is 35.5. The van der Waals surface area contributed by atoms with Crippen LogP contribution in [0.25, 0.3) is 10.2 Å². The van der Waals surface area contributed by atoms with Crippen LogP contribution in [0.1, 0.15) is 31.2 Å². The van der Waals surface area contributed by atoms with Crippen molar-refractivity contribution in [3.8, 4) is 0 Å². The fourth-order valence-electron chi connectivity index (χ4n) is 3.33. The first kappa shape index (κ1) is 22.7. The van der Waals surface area contributed by atoms with Crippen molar-refractivity contribution in [2.75, 3.05) is 19.0 Å². The number of esters is 2. The molecule has 0 bridgehead atoms. The van der Waals surface area contributed by atoms with Crippen LogP contribution in [0.3, 0.4) is 0 Å². The van der Waals surface area contributed by atoms with E-state index in [2.05, 4.69) is 15.3 Å². The number of nitrogens with zero attached hydrogens (tertiary/aromatic N) is 2. The number of carbonyl (C=O) groups excluding carboxylic acids is 2. The highest BCUT2D eigenvalue weighted by Gasteiger charge is 2.21. The number of fused-ring (bicyclic) bond motifs is 1. The fourth-order valence-corrected chi connectivity index (χ4v) is 4.53. The van der Waals surface area contributed by atoms with Crippen molar-refractivity contribution >= 4 is 56.6 Å². The molecule has 0 spiro atoms. The monoisotopic (exact) mass is 481 g/mol. The van der Waals surface area contributed by atoms with Crippen LogP contribution in [0.15, 0.2) is 54.9 Å². The van der Waals surface area contributed by atoms with Crippen molar-refractivity contribution in [1.82, 2.24) is 9.97 Å². The molecule has 0 fully saturated rings. The fraction of sp³-hybridized carbons (Fsp3) is 0.167. The SMILES string of the molecule is COC(=O)c1ccc(Cl)c(Nc2ncnc3sc(C(=O)OCCc4ccccc4)c(C)c23)c1. The van der Waals surface area contributed by atoms with Crippen molar-refractivity contribution in [2.24, 2.45) is 0 Å². The van der Waals surface area contributed by atoms with Gasteiger partial charge in [-0.15, -0.1) is 11.3 Å². The first-order chi connectivity index (χ1) is 16.0. The molecular weight excluding hydrogens is 462 g/mol. The van der Waals surface area contributed by atoms with Crippen LogP contribution in [0.5, 0.6) is 0 Å². The van der Waals surface area contributed by atoms with Crippen molar-refractivity contribution in [3.63, 3.8) is 0 Å². The zero-order valence-electron chi connectivity index (χ0n) is 17.9. The van der Waals surface area contributed by atoms with Gasteiger partial charge in [0, 0.05) is 6.42 Å². The normalized spacial score (nSPS) is 10.8. The summed E-state index contributed by atoms with van der Waals surface area (Å²) < 4.78 is 10.3. The first-order valence-electron chi connectivity index (χ1n) is 10.1. The van der Waals surface area contributed by atoms with Crippen molar-refractivity contribution < 1.29 is 19.1 Å². The summed E-state index contributed by atoms with van der Waals surface area (Å²) in [4.78, 5) is 34.4. The van der Waals surface area contributed by atoms with Gasteiger partial charge in [-0.2, -0.15) is 0 Å². The van der Waals surface area contributed by atoms with E-state index in [4.69, 9.17) is 21.1 Å². The average Bonchev–Trinajstić information content (AvgIpc) is 3.18. The maximum Gasteiger partial charge on any atom is 0.348 e. The Morgan fingerprint density at radius 3 is 2.64 bits per heavy atom. The summed E-state index contributed by atoms with van der Waals surface area (Å²) >= 11 is 7.56. The van der Waals surface area contributed by atoms with Crippen molar-refractivity contribution in [3.05, 3.63) is 81.4 Å². The summed E-state index contributed by atoms with van der Waals surface area (Å²) in [6.45, 7) is 2.11. The molecule has 0 amide bonds. The molecule has 1 N–H and O–H groups in total. The van der Waals surface area contributed by atoms with E-state index in [0.717, 1.165) is 5.56 Å². The van der Waals surface area contributed by atoms with Crippen LogP contribution in [0.2, 0.25) is 5.02 Å². The number of aromatic nitrogens is 2. The van der Waals surface area contributed by atoms with Crippen LogP contribution < -0.4 is 5.32 Å². The molecule has 0 radical (unpaired) electrons. The molecule has 9 heteroatoms. The number of anilines is 2. The number of halogens is 1. The predicted molar refractivity (Wildman–Crippen MR) is 129 cm³/mol. The van der Waals surface area contributed by atoms with Crippen LogP contribution in [0.4, 0.5) is 11.5 Å². The lowest BCUT2D eigenvalue weighted by Gasteiger charge is -2.10. The minimum absolute atomic E-state index is 0.281. The van der Waals surface area contributed by atoms with E-state index in [1.807, 2.05) is 37.3 Å². The summed E-state index contributed by atoms with van der Waals surface area (Å²) in [6, 6.07) is 14.6.